The monoisotopic (exact) mass is 380 g/mol. The van der Waals surface area contributed by atoms with Crippen LogP contribution in [0.15, 0.2) is 20.7 Å². The quantitative estimate of drug-likeness (QED) is 0.754. The van der Waals surface area contributed by atoms with Crippen LogP contribution in [-0.2, 0) is 24.1 Å². The Kier molecular flexibility index (Phi) is 7.21. The first kappa shape index (κ1) is 20.9. The van der Waals surface area contributed by atoms with E-state index < -0.39 is 26.2 Å². The minimum atomic E-state index is -3.94. The largest absolute Gasteiger partial charge is 0.330 e. The second-order valence-corrected chi connectivity index (χ2v) is 7.67. The Morgan fingerprint density at radius 1 is 1.21 bits per heavy atom. The van der Waals surface area contributed by atoms with Gasteiger partial charge in [-0.2, -0.15) is 0 Å². The Labute approximate surface area is 147 Å². The van der Waals surface area contributed by atoms with Crippen LogP contribution in [0.25, 0.3) is 0 Å². The second-order valence-electron chi connectivity index (χ2n) is 5.99. The lowest BCUT2D eigenvalue weighted by atomic mass is 10.1. The van der Waals surface area contributed by atoms with Crippen molar-refractivity contribution in [2.24, 2.45) is 14.1 Å². The molecule has 0 unspecified atom stereocenters. The zero-order chi connectivity index (χ0) is 17.2. The number of rotatable bonds is 5. The van der Waals surface area contributed by atoms with Gasteiger partial charge in [-0.15, -0.1) is 12.4 Å². The Hall–Kier alpha value is -1.16. The molecule has 1 N–H and O–H groups in total. The SMILES string of the molecule is CCCN1CCC(NS(=O)(=O)c2cn(C)c(=O)n(C)c2=O)CC1.Cl. The minimum Gasteiger partial charge on any atom is -0.303 e. The van der Waals surface area contributed by atoms with E-state index >= 15 is 0 Å². The summed E-state index contributed by atoms with van der Waals surface area (Å²) in [7, 11) is -1.25. The number of nitrogens with zero attached hydrogens (tertiary/aromatic N) is 3. The summed E-state index contributed by atoms with van der Waals surface area (Å²) < 4.78 is 29.5. The fourth-order valence-electron chi connectivity index (χ4n) is 2.83. The molecule has 0 atom stereocenters. The van der Waals surface area contributed by atoms with Crippen molar-refractivity contribution >= 4 is 22.4 Å². The van der Waals surface area contributed by atoms with Gasteiger partial charge in [-0.25, -0.2) is 17.9 Å². The van der Waals surface area contributed by atoms with Crippen LogP contribution < -0.4 is 16.0 Å². The molecular formula is C14H25ClN4O4S. The Balaban J connectivity index is 0.00000288. The number of piperidine rings is 1. The number of hydrogen-bond donors (Lipinski definition) is 1. The van der Waals surface area contributed by atoms with Crippen LogP contribution in [-0.4, -0.2) is 48.1 Å². The molecule has 1 aliphatic heterocycles. The second kappa shape index (κ2) is 8.28. The molecule has 10 heteroatoms. The van der Waals surface area contributed by atoms with E-state index in [1.165, 1.54) is 14.1 Å². The van der Waals surface area contributed by atoms with Crippen LogP contribution in [0, 0.1) is 0 Å². The molecule has 2 rings (SSSR count). The van der Waals surface area contributed by atoms with Crippen molar-refractivity contribution in [2.45, 2.75) is 37.1 Å². The number of nitrogens with one attached hydrogen (secondary N) is 1. The number of aromatic nitrogens is 2. The Bertz CT molecular complexity index is 779. The lowest BCUT2D eigenvalue weighted by Gasteiger charge is -2.31. The average molecular weight is 381 g/mol. The number of likely N-dealkylation sites (tertiary alicyclic amines) is 1. The summed E-state index contributed by atoms with van der Waals surface area (Å²) in [6.07, 6.45) is 3.58. The molecule has 1 fully saturated rings. The van der Waals surface area contributed by atoms with Crippen molar-refractivity contribution in [2.75, 3.05) is 19.6 Å². The van der Waals surface area contributed by atoms with E-state index in [4.69, 9.17) is 0 Å². The molecule has 0 aliphatic carbocycles. The van der Waals surface area contributed by atoms with Crippen LogP contribution in [0.4, 0.5) is 0 Å². The van der Waals surface area contributed by atoms with E-state index in [1.807, 2.05) is 0 Å². The predicted molar refractivity (Wildman–Crippen MR) is 94.2 cm³/mol. The van der Waals surface area contributed by atoms with Crippen molar-refractivity contribution in [3.05, 3.63) is 27.0 Å². The van der Waals surface area contributed by atoms with Gasteiger partial charge >= 0.3 is 5.69 Å². The molecule has 0 amide bonds. The molecule has 0 radical (unpaired) electrons. The van der Waals surface area contributed by atoms with Crippen molar-refractivity contribution in [1.82, 2.24) is 18.8 Å². The first-order chi connectivity index (χ1) is 10.8. The lowest BCUT2D eigenvalue weighted by Crippen LogP contribution is -2.47. The molecule has 0 bridgehead atoms. The molecule has 24 heavy (non-hydrogen) atoms. The van der Waals surface area contributed by atoms with Gasteiger partial charge in [-0.05, 0) is 38.9 Å². The van der Waals surface area contributed by atoms with E-state index in [-0.39, 0.29) is 18.4 Å². The fraction of sp³-hybridized carbons (Fsp3) is 0.714. The summed E-state index contributed by atoms with van der Waals surface area (Å²) in [5, 5.41) is 0. The predicted octanol–water partition coefficient (Wildman–Crippen LogP) is -0.341. The molecule has 138 valence electrons. The van der Waals surface area contributed by atoms with E-state index in [2.05, 4.69) is 16.5 Å². The number of aryl methyl sites for hydroxylation is 1. The van der Waals surface area contributed by atoms with Gasteiger partial charge in [0.1, 0.15) is 0 Å². The third kappa shape index (κ3) is 4.47. The van der Waals surface area contributed by atoms with Gasteiger partial charge in [-0.3, -0.25) is 9.36 Å². The van der Waals surface area contributed by atoms with E-state index in [0.29, 0.717) is 12.8 Å². The molecule has 0 spiro atoms. The van der Waals surface area contributed by atoms with E-state index in [1.54, 1.807) is 0 Å². The highest BCUT2D eigenvalue weighted by molar-refractivity contribution is 7.89. The maximum Gasteiger partial charge on any atom is 0.330 e. The molecule has 2 heterocycles. The minimum absolute atomic E-state index is 0. The van der Waals surface area contributed by atoms with Crippen LogP contribution in [0.2, 0.25) is 0 Å². The third-order valence-corrected chi connectivity index (χ3v) is 5.66. The van der Waals surface area contributed by atoms with E-state index in [9.17, 15) is 18.0 Å². The highest BCUT2D eigenvalue weighted by Gasteiger charge is 2.27. The Morgan fingerprint density at radius 3 is 2.33 bits per heavy atom. The zero-order valence-electron chi connectivity index (χ0n) is 14.2. The summed E-state index contributed by atoms with van der Waals surface area (Å²) in [6.45, 7) is 4.81. The summed E-state index contributed by atoms with van der Waals surface area (Å²) in [4.78, 5) is 25.7. The van der Waals surface area contributed by atoms with Crippen LogP contribution in [0.5, 0.6) is 0 Å². The van der Waals surface area contributed by atoms with Crippen LogP contribution in [0.1, 0.15) is 26.2 Å². The van der Waals surface area contributed by atoms with Crippen molar-refractivity contribution in [3.8, 4) is 0 Å². The van der Waals surface area contributed by atoms with Gasteiger partial charge in [-0.1, -0.05) is 6.92 Å². The van der Waals surface area contributed by atoms with Gasteiger partial charge in [0, 0.05) is 26.3 Å². The number of hydrogen-bond acceptors (Lipinski definition) is 5. The first-order valence-corrected chi connectivity index (χ1v) is 9.26. The molecular weight excluding hydrogens is 356 g/mol. The summed E-state index contributed by atoms with van der Waals surface area (Å²) >= 11 is 0. The fourth-order valence-corrected chi connectivity index (χ4v) is 4.30. The molecule has 8 nitrogen and oxygen atoms in total. The Morgan fingerprint density at radius 2 is 1.79 bits per heavy atom. The van der Waals surface area contributed by atoms with Gasteiger partial charge in [0.15, 0.2) is 4.90 Å². The average Bonchev–Trinajstić information content (AvgIpc) is 2.50. The summed E-state index contributed by atoms with van der Waals surface area (Å²) in [5.74, 6) is 0. The molecule has 0 aromatic carbocycles. The molecule has 1 saturated heterocycles. The molecule has 1 aromatic heterocycles. The van der Waals surface area contributed by atoms with Gasteiger partial charge in [0.05, 0.1) is 0 Å². The maximum atomic E-state index is 12.5. The first-order valence-electron chi connectivity index (χ1n) is 7.77. The van der Waals surface area contributed by atoms with Gasteiger partial charge < -0.3 is 9.47 Å². The molecule has 1 aliphatic rings. The normalized spacial score (nSPS) is 16.8. The topological polar surface area (TPSA) is 93.4 Å². The number of sulfonamides is 1. The van der Waals surface area contributed by atoms with Crippen LogP contribution in [0.3, 0.4) is 0 Å². The van der Waals surface area contributed by atoms with Crippen LogP contribution >= 0.6 is 12.4 Å². The maximum absolute atomic E-state index is 12.5. The highest BCUT2D eigenvalue weighted by Crippen LogP contribution is 2.13. The highest BCUT2D eigenvalue weighted by atomic mass is 35.5. The lowest BCUT2D eigenvalue weighted by molar-refractivity contribution is 0.208. The number of halogens is 1. The van der Waals surface area contributed by atoms with Gasteiger partial charge in [0.25, 0.3) is 5.56 Å². The standard InChI is InChI=1S/C14H24N4O4S.ClH/c1-4-7-18-8-5-11(6-9-18)15-23(21,22)12-10-16(2)14(20)17(3)13(12)19;/h10-11,15H,4-9H2,1-3H3;1H. The smallest absolute Gasteiger partial charge is 0.303 e. The van der Waals surface area contributed by atoms with Gasteiger partial charge in [0.2, 0.25) is 10.0 Å². The summed E-state index contributed by atoms with van der Waals surface area (Å²) in [5.41, 5.74) is -1.36. The molecule has 0 saturated carbocycles. The van der Waals surface area contributed by atoms with Crippen molar-refractivity contribution < 1.29 is 8.42 Å². The van der Waals surface area contributed by atoms with Crippen molar-refractivity contribution in [3.63, 3.8) is 0 Å². The van der Waals surface area contributed by atoms with Crippen molar-refractivity contribution in [1.29, 1.82) is 0 Å². The third-order valence-electron chi connectivity index (χ3n) is 4.15. The van der Waals surface area contributed by atoms with E-state index in [0.717, 1.165) is 41.4 Å². The summed E-state index contributed by atoms with van der Waals surface area (Å²) in [6, 6.07) is -0.185. The zero-order valence-corrected chi connectivity index (χ0v) is 15.8. The molecule has 1 aromatic rings.